The number of hydrogen-bond donors (Lipinski definition) is 0. The molecule has 0 aromatic heterocycles. The van der Waals surface area contributed by atoms with Gasteiger partial charge in [0.25, 0.3) is 0 Å². The Labute approximate surface area is 128 Å². The molecular formula is C14H18ClNO3S. The van der Waals surface area contributed by atoms with Crippen LogP contribution < -0.4 is 0 Å². The van der Waals surface area contributed by atoms with Crippen molar-refractivity contribution in [2.24, 2.45) is 0 Å². The highest BCUT2D eigenvalue weighted by Crippen LogP contribution is 2.25. The number of nitrogens with zero attached hydrogens (tertiary/aromatic N) is 1. The minimum absolute atomic E-state index is 0.0296. The van der Waals surface area contributed by atoms with Gasteiger partial charge in [-0.25, -0.2) is 0 Å². The van der Waals surface area contributed by atoms with Crippen molar-refractivity contribution in [2.75, 3.05) is 20.2 Å². The van der Waals surface area contributed by atoms with Gasteiger partial charge in [-0.1, -0.05) is 11.6 Å². The second-order valence-electron chi connectivity index (χ2n) is 4.21. The van der Waals surface area contributed by atoms with Crippen LogP contribution >= 0.6 is 23.4 Å². The average molecular weight is 316 g/mol. The highest BCUT2D eigenvalue weighted by atomic mass is 35.5. The lowest BCUT2D eigenvalue weighted by Gasteiger charge is -2.20. The highest BCUT2D eigenvalue weighted by molar-refractivity contribution is 8.00. The molecule has 0 fully saturated rings. The van der Waals surface area contributed by atoms with E-state index in [0.717, 1.165) is 4.90 Å². The summed E-state index contributed by atoms with van der Waals surface area (Å²) in [5, 5.41) is 0.378. The van der Waals surface area contributed by atoms with E-state index < -0.39 is 5.97 Å². The number of likely N-dealkylation sites (N-methyl/N-ethyl adjacent to an activating group) is 1. The van der Waals surface area contributed by atoms with Crippen LogP contribution in [0.15, 0.2) is 29.2 Å². The molecule has 0 spiro atoms. The van der Waals surface area contributed by atoms with E-state index in [4.69, 9.17) is 16.3 Å². The van der Waals surface area contributed by atoms with Crippen molar-refractivity contribution in [1.29, 1.82) is 0 Å². The summed E-state index contributed by atoms with van der Waals surface area (Å²) in [6.45, 7) is 3.83. The first kappa shape index (κ1) is 16.9. The van der Waals surface area contributed by atoms with Crippen LogP contribution in [0.5, 0.6) is 0 Å². The molecule has 0 radical (unpaired) electrons. The van der Waals surface area contributed by atoms with E-state index >= 15 is 0 Å². The summed E-state index contributed by atoms with van der Waals surface area (Å²) in [5.74, 6) is -0.509. The minimum atomic E-state index is -0.396. The molecule has 1 amide bonds. The molecule has 0 heterocycles. The van der Waals surface area contributed by atoms with Crippen molar-refractivity contribution in [3.8, 4) is 0 Å². The van der Waals surface area contributed by atoms with Gasteiger partial charge in [-0.15, -0.1) is 11.8 Å². The molecule has 1 atom stereocenters. The highest BCUT2D eigenvalue weighted by Gasteiger charge is 2.20. The maximum atomic E-state index is 12.1. The standard InChI is InChI=1S/C14H18ClNO3S/c1-4-19-13(17)9-16(3)14(18)10(2)20-12-7-5-11(15)6-8-12/h5-8,10H,4,9H2,1-3H3. The van der Waals surface area contributed by atoms with Crippen LogP contribution in [0.3, 0.4) is 0 Å². The molecular weight excluding hydrogens is 298 g/mol. The fourth-order valence-corrected chi connectivity index (χ4v) is 2.66. The van der Waals surface area contributed by atoms with Crippen molar-refractivity contribution < 1.29 is 14.3 Å². The quantitative estimate of drug-likeness (QED) is 0.598. The summed E-state index contributed by atoms with van der Waals surface area (Å²) in [4.78, 5) is 25.8. The molecule has 0 aliphatic rings. The molecule has 0 bridgehead atoms. The van der Waals surface area contributed by atoms with Gasteiger partial charge in [0, 0.05) is 17.0 Å². The van der Waals surface area contributed by atoms with Crippen LogP contribution in [0, 0.1) is 0 Å². The van der Waals surface area contributed by atoms with Crippen LogP contribution in [0.25, 0.3) is 0 Å². The number of thioether (sulfide) groups is 1. The molecule has 6 heteroatoms. The molecule has 0 aliphatic heterocycles. The van der Waals surface area contributed by atoms with Gasteiger partial charge >= 0.3 is 5.97 Å². The summed E-state index contributed by atoms with van der Waals surface area (Å²) < 4.78 is 4.82. The van der Waals surface area contributed by atoms with Crippen LogP contribution in [-0.4, -0.2) is 42.2 Å². The second-order valence-corrected chi connectivity index (χ2v) is 6.06. The van der Waals surface area contributed by atoms with Gasteiger partial charge in [0.05, 0.1) is 11.9 Å². The first-order valence-corrected chi connectivity index (χ1v) is 7.52. The summed E-state index contributed by atoms with van der Waals surface area (Å²) in [6, 6.07) is 7.29. The molecule has 1 aromatic carbocycles. The molecule has 0 aliphatic carbocycles. The Hall–Kier alpha value is -1.20. The number of ether oxygens (including phenoxy) is 1. The fraction of sp³-hybridized carbons (Fsp3) is 0.429. The number of esters is 1. The van der Waals surface area contributed by atoms with E-state index in [1.54, 1.807) is 26.1 Å². The third-order valence-corrected chi connectivity index (χ3v) is 3.87. The van der Waals surface area contributed by atoms with Crippen molar-refractivity contribution >= 4 is 35.2 Å². The van der Waals surface area contributed by atoms with Gasteiger partial charge in [-0.2, -0.15) is 0 Å². The first-order valence-electron chi connectivity index (χ1n) is 6.26. The lowest BCUT2D eigenvalue weighted by molar-refractivity contribution is -0.147. The van der Waals surface area contributed by atoms with E-state index in [0.29, 0.717) is 11.6 Å². The number of benzene rings is 1. The number of amides is 1. The Morgan fingerprint density at radius 1 is 1.35 bits per heavy atom. The Balaban J connectivity index is 2.53. The third kappa shape index (κ3) is 5.43. The van der Waals surface area contributed by atoms with Gasteiger partial charge in [-0.05, 0) is 38.1 Å². The van der Waals surface area contributed by atoms with Crippen LogP contribution in [-0.2, 0) is 14.3 Å². The maximum Gasteiger partial charge on any atom is 0.325 e. The van der Waals surface area contributed by atoms with Crippen molar-refractivity contribution in [2.45, 2.75) is 24.0 Å². The van der Waals surface area contributed by atoms with E-state index in [1.165, 1.54) is 16.7 Å². The van der Waals surface area contributed by atoms with Crippen LogP contribution in [0.2, 0.25) is 5.02 Å². The summed E-state index contributed by atoms with van der Waals surface area (Å²) in [5.41, 5.74) is 0. The molecule has 0 saturated heterocycles. The number of carbonyl (C=O) groups is 2. The molecule has 1 aromatic rings. The van der Waals surface area contributed by atoms with Gasteiger partial charge in [-0.3, -0.25) is 9.59 Å². The Morgan fingerprint density at radius 3 is 2.50 bits per heavy atom. The third-order valence-electron chi connectivity index (χ3n) is 2.52. The average Bonchev–Trinajstić information content (AvgIpc) is 2.40. The van der Waals surface area contributed by atoms with E-state index in [1.807, 2.05) is 19.1 Å². The molecule has 110 valence electrons. The van der Waals surface area contributed by atoms with E-state index in [2.05, 4.69) is 0 Å². The predicted molar refractivity (Wildman–Crippen MR) is 81.0 cm³/mol. The number of halogens is 1. The minimum Gasteiger partial charge on any atom is -0.465 e. The summed E-state index contributed by atoms with van der Waals surface area (Å²) in [6.07, 6.45) is 0. The fourth-order valence-electron chi connectivity index (χ4n) is 1.56. The topological polar surface area (TPSA) is 46.6 Å². The maximum absolute atomic E-state index is 12.1. The predicted octanol–water partition coefficient (Wildman–Crippen LogP) is 2.84. The lowest BCUT2D eigenvalue weighted by Crippen LogP contribution is -2.37. The molecule has 1 unspecified atom stereocenters. The molecule has 4 nitrogen and oxygen atoms in total. The van der Waals surface area contributed by atoms with Crippen molar-refractivity contribution in [3.63, 3.8) is 0 Å². The van der Waals surface area contributed by atoms with E-state index in [9.17, 15) is 9.59 Å². The van der Waals surface area contributed by atoms with Crippen molar-refractivity contribution in [1.82, 2.24) is 4.90 Å². The van der Waals surface area contributed by atoms with Gasteiger partial charge in [0.15, 0.2) is 0 Å². The normalized spacial score (nSPS) is 11.8. The molecule has 0 saturated carbocycles. The van der Waals surface area contributed by atoms with E-state index in [-0.39, 0.29) is 17.7 Å². The Kier molecular flexibility index (Phi) is 6.88. The Morgan fingerprint density at radius 2 is 1.95 bits per heavy atom. The first-order chi connectivity index (χ1) is 9.43. The van der Waals surface area contributed by atoms with Crippen LogP contribution in [0.1, 0.15) is 13.8 Å². The van der Waals surface area contributed by atoms with Crippen LogP contribution in [0.4, 0.5) is 0 Å². The zero-order chi connectivity index (χ0) is 15.1. The number of carbonyl (C=O) groups excluding carboxylic acids is 2. The zero-order valence-corrected chi connectivity index (χ0v) is 13.3. The van der Waals surface area contributed by atoms with Gasteiger partial charge in [0.1, 0.15) is 6.54 Å². The van der Waals surface area contributed by atoms with Crippen molar-refractivity contribution in [3.05, 3.63) is 29.3 Å². The molecule has 20 heavy (non-hydrogen) atoms. The summed E-state index contributed by atoms with van der Waals surface area (Å²) >= 11 is 7.24. The Bertz CT molecular complexity index is 464. The summed E-state index contributed by atoms with van der Waals surface area (Å²) in [7, 11) is 1.60. The largest absolute Gasteiger partial charge is 0.465 e. The number of rotatable bonds is 6. The van der Waals surface area contributed by atoms with Gasteiger partial charge in [0.2, 0.25) is 5.91 Å². The lowest BCUT2D eigenvalue weighted by atomic mass is 10.4. The monoisotopic (exact) mass is 315 g/mol. The smallest absolute Gasteiger partial charge is 0.325 e. The zero-order valence-electron chi connectivity index (χ0n) is 11.8. The van der Waals surface area contributed by atoms with Gasteiger partial charge < -0.3 is 9.64 Å². The number of hydrogen-bond acceptors (Lipinski definition) is 4. The molecule has 0 N–H and O–H groups in total. The molecule has 1 rings (SSSR count). The second kappa shape index (κ2) is 8.17. The SMILES string of the molecule is CCOC(=O)CN(C)C(=O)C(C)Sc1ccc(Cl)cc1.